The minimum Gasteiger partial charge on any atom is -0.394 e. The Morgan fingerprint density at radius 3 is 2.44 bits per heavy atom. The second-order valence-electron chi connectivity index (χ2n) is 11.1. The number of aromatic nitrogens is 4. The molecular weight excluding hydrogens is 482 g/mol. The average molecular weight is 512 g/mol. The highest BCUT2D eigenvalue weighted by molar-refractivity contribution is 6.28. The molecule has 1 spiro atoms. The van der Waals surface area contributed by atoms with E-state index in [1.165, 1.54) is 11.1 Å². The largest absolute Gasteiger partial charge is 0.394 e. The molecule has 3 aromatic rings. The maximum Gasteiger partial charge on any atom is 0.226 e. The molecule has 5 heterocycles. The van der Waals surface area contributed by atoms with E-state index >= 15 is 0 Å². The Bertz CT molecular complexity index is 1290. The normalized spacial score (nSPS) is 30.3. The van der Waals surface area contributed by atoms with Crippen LogP contribution in [-0.2, 0) is 27.1 Å². The maximum absolute atomic E-state index is 9.88. The van der Waals surface area contributed by atoms with Crippen LogP contribution >= 0.6 is 11.6 Å². The van der Waals surface area contributed by atoms with Crippen LogP contribution in [0.3, 0.4) is 0 Å². The van der Waals surface area contributed by atoms with Crippen LogP contribution in [0.2, 0.25) is 5.28 Å². The molecule has 9 nitrogen and oxygen atoms in total. The molecule has 0 amide bonds. The summed E-state index contributed by atoms with van der Waals surface area (Å²) in [7, 11) is 0. The lowest BCUT2D eigenvalue weighted by Gasteiger charge is -2.40. The number of aliphatic hydroxyl groups excluding tert-OH is 1. The summed E-state index contributed by atoms with van der Waals surface area (Å²) >= 11 is 6.45. The molecule has 7 rings (SSSR count). The second-order valence-corrected chi connectivity index (χ2v) is 11.4. The lowest BCUT2D eigenvalue weighted by molar-refractivity contribution is -0.199. The SMILES string of the molecule is CC1(C)O[C@@H]2[C@H](O1)[C@@H](CO)O[C@H]2n1cnc2c(N3CCC4(CC3)Cc3ccccc3C4)nc(Cl)nc21. The predicted molar refractivity (Wildman–Crippen MR) is 133 cm³/mol. The van der Waals surface area contributed by atoms with Gasteiger partial charge in [0.25, 0.3) is 0 Å². The van der Waals surface area contributed by atoms with E-state index < -0.39 is 24.2 Å². The molecule has 10 heteroatoms. The van der Waals surface area contributed by atoms with Crippen LogP contribution in [0.25, 0.3) is 11.2 Å². The summed E-state index contributed by atoms with van der Waals surface area (Å²) in [6.07, 6.45) is 4.38. The third-order valence-corrected chi connectivity index (χ3v) is 8.50. The zero-order valence-electron chi connectivity index (χ0n) is 20.4. The molecule has 1 N–H and O–H groups in total. The Labute approximate surface area is 214 Å². The first-order valence-electron chi connectivity index (χ1n) is 12.7. The van der Waals surface area contributed by atoms with Crippen molar-refractivity contribution in [2.75, 3.05) is 24.6 Å². The number of nitrogens with zero attached hydrogens (tertiary/aromatic N) is 5. The number of anilines is 1. The van der Waals surface area contributed by atoms with E-state index in [0.717, 1.165) is 44.6 Å². The van der Waals surface area contributed by atoms with Crippen LogP contribution in [0.5, 0.6) is 0 Å². The van der Waals surface area contributed by atoms with Crippen LogP contribution in [0.15, 0.2) is 30.6 Å². The van der Waals surface area contributed by atoms with Gasteiger partial charge in [0.2, 0.25) is 5.28 Å². The minimum atomic E-state index is -0.761. The van der Waals surface area contributed by atoms with Crippen LogP contribution in [0, 0.1) is 5.41 Å². The van der Waals surface area contributed by atoms with Crippen molar-refractivity contribution in [3.8, 4) is 0 Å². The quantitative estimate of drug-likeness (QED) is 0.535. The van der Waals surface area contributed by atoms with Crippen LogP contribution < -0.4 is 4.90 Å². The smallest absolute Gasteiger partial charge is 0.226 e. The number of benzene rings is 1. The highest BCUT2D eigenvalue weighted by Crippen LogP contribution is 2.46. The lowest BCUT2D eigenvalue weighted by Crippen LogP contribution is -2.41. The molecule has 3 fully saturated rings. The number of piperidine rings is 1. The molecule has 0 radical (unpaired) electrons. The van der Waals surface area contributed by atoms with E-state index in [2.05, 4.69) is 39.1 Å². The van der Waals surface area contributed by atoms with Crippen molar-refractivity contribution in [2.24, 2.45) is 5.41 Å². The number of rotatable bonds is 3. The number of halogens is 1. The highest BCUT2D eigenvalue weighted by atomic mass is 35.5. The van der Waals surface area contributed by atoms with Gasteiger partial charge in [-0.25, -0.2) is 4.98 Å². The number of hydrogen-bond donors (Lipinski definition) is 1. The van der Waals surface area contributed by atoms with Crippen LogP contribution in [0.4, 0.5) is 5.82 Å². The monoisotopic (exact) mass is 511 g/mol. The molecule has 190 valence electrons. The van der Waals surface area contributed by atoms with Gasteiger partial charge in [0.15, 0.2) is 29.0 Å². The number of imidazole rings is 1. The summed E-state index contributed by atoms with van der Waals surface area (Å²) in [5, 5.41) is 10.0. The van der Waals surface area contributed by atoms with Crippen molar-refractivity contribution in [3.63, 3.8) is 0 Å². The van der Waals surface area contributed by atoms with Crippen molar-refractivity contribution in [1.29, 1.82) is 0 Å². The van der Waals surface area contributed by atoms with Crippen LogP contribution in [0.1, 0.15) is 44.0 Å². The van der Waals surface area contributed by atoms with E-state index in [9.17, 15) is 5.11 Å². The molecule has 1 aromatic carbocycles. The van der Waals surface area contributed by atoms with Gasteiger partial charge in [-0.3, -0.25) is 4.57 Å². The predicted octanol–water partition coefficient (Wildman–Crippen LogP) is 3.27. The average Bonchev–Trinajstić information content (AvgIpc) is 3.58. The summed E-state index contributed by atoms with van der Waals surface area (Å²) < 4.78 is 20.2. The molecule has 36 heavy (non-hydrogen) atoms. The molecule has 1 aliphatic carbocycles. The molecule has 4 aliphatic rings. The fraction of sp³-hybridized carbons (Fsp3) is 0.577. The van der Waals surface area contributed by atoms with E-state index in [1.54, 1.807) is 6.33 Å². The minimum absolute atomic E-state index is 0.163. The first-order chi connectivity index (χ1) is 17.3. The molecule has 0 bridgehead atoms. The van der Waals surface area contributed by atoms with Crippen molar-refractivity contribution in [1.82, 2.24) is 19.5 Å². The van der Waals surface area contributed by atoms with Gasteiger partial charge in [0.05, 0.1) is 12.9 Å². The van der Waals surface area contributed by atoms with Crippen molar-refractivity contribution < 1.29 is 19.3 Å². The Hall–Kier alpha value is -2.30. The summed E-state index contributed by atoms with van der Waals surface area (Å²) in [4.78, 5) is 16.1. The molecule has 3 saturated heterocycles. The first-order valence-corrected chi connectivity index (χ1v) is 13.1. The summed E-state index contributed by atoms with van der Waals surface area (Å²) in [6.45, 7) is 5.36. The number of fused-ring (bicyclic) bond motifs is 3. The fourth-order valence-corrected chi connectivity index (χ4v) is 6.79. The molecule has 2 aromatic heterocycles. The van der Waals surface area contributed by atoms with Gasteiger partial charge in [-0.05, 0) is 67.7 Å². The number of ether oxygens (including phenoxy) is 3. The van der Waals surface area contributed by atoms with Gasteiger partial charge < -0.3 is 24.2 Å². The first kappa shape index (κ1) is 22.9. The molecule has 0 saturated carbocycles. The maximum atomic E-state index is 9.88. The molecule has 0 unspecified atom stereocenters. The number of aliphatic hydroxyl groups is 1. The Morgan fingerprint density at radius 2 is 1.75 bits per heavy atom. The van der Waals surface area contributed by atoms with Crippen LogP contribution in [-0.4, -0.2) is 68.4 Å². The van der Waals surface area contributed by atoms with E-state index in [1.807, 2.05) is 18.4 Å². The van der Waals surface area contributed by atoms with Gasteiger partial charge in [-0.2, -0.15) is 9.97 Å². The zero-order valence-corrected chi connectivity index (χ0v) is 21.2. The summed E-state index contributed by atoms with van der Waals surface area (Å²) in [5.74, 6) is -0.00547. The Kier molecular flexibility index (Phi) is 5.14. The van der Waals surface area contributed by atoms with Crippen molar-refractivity contribution in [3.05, 3.63) is 47.0 Å². The highest BCUT2D eigenvalue weighted by Gasteiger charge is 2.56. The Balaban J connectivity index is 1.17. The van der Waals surface area contributed by atoms with E-state index in [4.69, 9.17) is 30.8 Å². The number of hydrogen-bond acceptors (Lipinski definition) is 8. The third kappa shape index (κ3) is 3.55. The van der Waals surface area contributed by atoms with Crippen molar-refractivity contribution in [2.45, 2.75) is 69.9 Å². The van der Waals surface area contributed by atoms with Gasteiger partial charge in [-0.1, -0.05) is 24.3 Å². The summed E-state index contributed by atoms with van der Waals surface area (Å²) in [6, 6.07) is 8.83. The topological polar surface area (TPSA) is 94.8 Å². The van der Waals surface area contributed by atoms with E-state index in [-0.39, 0.29) is 18.0 Å². The van der Waals surface area contributed by atoms with E-state index in [0.29, 0.717) is 16.6 Å². The Morgan fingerprint density at radius 1 is 1.06 bits per heavy atom. The standard InChI is InChI=1S/C26H30ClN5O4/c1-25(2)35-19-17(13-33)34-23(20(19)36-25)32-14-28-18-21(29-24(27)30-22(18)32)31-9-7-26(8-10-31)11-15-5-3-4-6-16(15)12-26/h3-6,14,17,19-20,23,33H,7-13H2,1-2H3/t17-,19-,20-,23-/m1/s1. The zero-order chi connectivity index (χ0) is 24.7. The molecule has 4 atom stereocenters. The third-order valence-electron chi connectivity index (χ3n) is 8.33. The van der Waals surface area contributed by atoms with Gasteiger partial charge in [-0.15, -0.1) is 0 Å². The van der Waals surface area contributed by atoms with Gasteiger partial charge in [0.1, 0.15) is 18.3 Å². The van der Waals surface area contributed by atoms with Gasteiger partial charge in [0, 0.05) is 13.1 Å². The molecule has 3 aliphatic heterocycles. The summed E-state index contributed by atoms with van der Waals surface area (Å²) in [5.41, 5.74) is 4.60. The second kappa shape index (κ2) is 8.10. The van der Waals surface area contributed by atoms with Gasteiger partial charge >= 0.3 is 0 Å². The lowest BCUT2D eigenvalue weighted by atomic mass is 9.76. The molecular formula is C26H30ClN5O4. The van der Waals surface area contributed by atoms with Crippen molar-refractivity contribution >= 4 is 28.6 Å². The fourth-order valence-electron chi connectivity index (χ4n) is 6.63.